The molecule has 2 aromatic heterocycles. The van der Waals surface area contributed by atoms with Gasteiger partial charge in [-0.3, -0.25) is 4.79 Å². The minimum Gasteiger partial charge on any atom is -0.370 e. The van der Waals surface area contributed by atoms with E-state index in [1.165, 1.54) is 0 Å². The average Bonchev–Trinajstić information content (AvgIpc) is 3.08. The number of rotatable bonds is 4. The van der Waals surface area contributed by atoms with Gasteiger partial charge in [0.1, 0.15) is 0 Å². The van der Waals surface area contributed by atoms with Crippen molar-refractivity contribution in [2.75, 3.05) is 31.1 Å². The van der Waals surface area contributed by atoms with Crippen LogP contribution in [0.25, 0.3) is 11.0 Å². The topological polar surface area (TPSA) is 78.0 Å². The van der Waals surface area contributed by atoms with E-state index in [-0.39, 0.29) is 17.9 Å². The van der Waals surface area contributed by atoms with E-state index in [0.717, 1.165) is 41.9 Å². The molecule has 0 N–H and O–H groups in total. The second-order valence-electron chi connectivity index (χ2n) is 8.96. The quantitative estimate of drug-likeness (QED) is 0.615. The van der Waals surface area contributed by atoms with Crippen molar-refractivity contribution >= 4 is 22.6 Å². The largest absolute Gasteiger partial charge is 0.370 e. The van der Waals surface area contributed by atoms with Crippen LogP contribution >= 0.6 is 0 Å². The third-order valence-electron chi connectivity index (χ3n) is 6.04. The van der Waals surface area contributed by atoms with Crippen molar-refractivity contribution in [3.63, 3.8) is 0 Å². The van der Waals surface area contributed by atoms with Crippen molar-refractivity contribution in [1.29, 1.82) is 5.26 Å². The molecule has 1 aromatic carbocycles. The van der Waals surface area contributed by atoms with Crippen LogP contribution in [0.15, 0.2) is 36.5 Å². The van der Waals surface area contributed by atoms with Crippen molar-refractivity contribution in [3.8, 4) is 6.07 Å². The van der Waals surface area contributed by atoms with E-state index in [4.69, 9.17) is 10.2 Å². The lowest BCUT2D eigenvalue weighted by atomic mass is 10.0. The summed E-state index contributed by atoms with van der Waals surface area (Å²) in [5, 5.41) is 14.4. The van der Waals surface area contributed by atoms with Crippen LogP contribution < -0.4 is 4.90 Å². The van der Waals surface area contributed by atoms with Gasteiger partial charge in [0.15, 0.2) is 5.65 Å². The third kappa shape index (κ3) is 4.18. The zero-order valence-corrected chi connectivity index (χ0v) is 19.2. The van der Waals surface area contributed by atoms with Gasteiger partial charge in [-0.25, -0.2) is 9.67 Å². The second kappa shape index (κ2) is 8.99. The Morgan fingerprint density at radius 1 is 1.06 bits per heavy atom. The molecule has 0 unspecified atom stereocenters. The smallest absolute Gasteiger partial charge is 0.254 e. The molecule has 32 heavy (non-hydrogen) atoms. The van der Waals surface area contributed by atoms with Crippen LogP contribution in [0.5, 0.6) is 0 Å². The van der Waals surface area contributed by atoms with Gasteiger partial charge >= 0.3 is 0 Å². The average molecular weight is 431 g/mol. The SMILES string of the molecule is CC(C)c1cc(C(=O)N2CCCN(c3ccc(C#N)cc3)CC2)c2cnn(C(C)C)c2n1. The number of nitriles is 1. The molecule has 166 valence electrons. The Bertz CT molecular complexity index is 1160. The number of carbonyl (C=O) groups excluding carboxylic acids is 1. The Morgan fingerprint density at radius 2 is 1.81 bits per heavy atom. The Labute approximate surface area is 189 Å². The molecule has 1 saturated heterocycles. The maximum absolute atomic E-state index is 13.7. The Hall–Kier alpha value is -3.40. The second-order valence-corrected chi connectivity index (χ2v) is 8.96. The highest BCUT2D eigenvalue weighted by Crippen LogP contribution is 2.26. The molecule has 7 heteroatoms. The fourth-order valence-corrected chi connectivity index (χ4v) is 4.18. The molecule has 3 aromatic rings. The number of fused-ring (bicyclic) bond motifs is 1. The van der Waals surface area contributed by atoms with Gasteiger partial charge in [-0.2, -0.15) is 10.4 Å². The minimum atomic E-state index is 0.0456. The molecule has 0 aliphatic carbocycles. The van der Waals surface area contributed by atoms with Gasteiger partial charge < -0.3 is 9.80 Å². The third-order valence-corrected chi connectivity index (χ3v) is 6.04. The molecular formula is C25H30N6O. The van der Waals surface area contributed by atoms with E-state index >= 15 is 0 Å². The van der Waals surface area contributed by atoms with E-state index in [1.54, 1.807) is 6.20 Å². The number of hydrogen-bond acceptors (Lipinski definition) is 5. The van der Waals surface area contributed by atoms with Crippen LogP contribution in [0.2, 0.25) is 0 Å². The molecule has 3 heterocycles. The van der Waals surface area contributed by atoms with Crippen molar-refractivity contribution in [3.05, 3.63) is 53.3 Å². The predicted molar refractivity (Wildman–Crippen MR) is 126 cm³/mol. The molecule has 0 saturated carbocycles. The van der Waals surface area contributed by atoms with Crippen LogP contribution in [-0.2, 0) is 0 Å². The highest BCUT2D eigenvalue weighted by Gasteiger charge is 2.25. The summed E-state index contributed by atoms with van der Waals surface area (Å²) in [6.07, 6.45) is 2.67. The van der Waals surface area contributed by atoms with E-state index in [0.29, 0.717) is 24.2 Å². The van der Waals surface area contributed by atoms with Gasteiger partial charge in [0.05, 0.1) is 28.8 Å². The van der Waals surface area contributed by atoms with Gasteiger partial charge in [0.2, 0.25) is 0 Å². The first-order valence-corrected chi connectivity index (χ1v) is 11.3. The molecule has 1 aliphatic heterocycles. The number of anilines is 1. The summed E-state index contributed by atoms with van der Waals surface area (Å²) in [6.45, 7) is 11.3. The van der Waals surface area contributed by atoms with E-state index < -0.39 is 0 Å². The van der Waals surface area contributed by atoms with Crippen molar-refractivity contribution in [1.82, 2.24) is 19.7 Å². The highest BCUT2D eigenvalue weighted by molar-refractivity contribution is 6.05. The lowest BCUT2D eigenvalue weighted by Crippen LogP contribution is -2.35. The van der Waals surface area contributed by atoms with Crippen LogP contribution in [0.1, 0.15) is 67.7 Å². The number of carbonyl (C=O) groups is 1. The molecule has 0 radical (unpaired) electrons. The van der Waals surface area contributed by atoms with Gasteiger partial charge in [-0.05, 0) is 56.5 Å². The molecule has 1 fully saturated rings. The van der Waals surface area contributed by atoms with Crippen molar-refractivity contribution in [2.24, 2.45) is 0 Å². The Morgan fingerprint density at radius 3 is 2.47 bits per heavy atom. The summed E-state index contributed by atoms with van der Waals surface area (Å²) in [4.78, 5) is 22.7. The minimum absolute atomic E-state index is 0.0456. The van der Waals surface area contributed by atoms with Gasteiger partial charge in [-0.15, -0.1) is 0 Å². The summed E-state index contributed by atoms with van der Waals surface area (Å²) < 4.78 is 1.90. The first kappa shape index (κ1) is 21.8. The van der Waals surface area contributed by atoms with Crippen LogP contribution in [0, 0.1) is 11.3 Å². The zero-order valence-electron chi connectivity index (χ0n) is 19.2. The van der Waals surface area contributed by atoms with Gasteiger partial charge in [0, 0.05) is 43.6 Å². The van der Waals surface area contributed by atoms with Crippen LogP contribution in [0.3, 0.4) is 0 Å². The standard InChI is InChI=1S/C25H30N6O/c1-17(2)23-14-21(22-16-27-31(18(3)4)24(22)28-23)25(32)30-11-5-10-29(12-13-30)20-8-6-19(15-26)7-9-20/h6-9,14,16-18H,5,10-13H2,1-4H3. The molecule has 4 rings (SSSR count). The Kier molecular flexibility index (Phi) is 6.13. The number of amides is 1. The summed E-state index contributed by atoms with van der Waals surface area (Å²) in [5.41, 5.74) is 4.13. The van der Waals surface area contributed by atoms with Crippen molar-refractivity contribution < 1.29 is 4.79 Å². The van der Waals surface area contributed by atoms with Crippen molar-refractivity contribution in [2.45, 2.75) is 46.1 Å². The summed E-state index contributed by atoms with van der Waals surface area (Å²) >= 11 is 0. The van der Waals surface area contributed by atoms with Gasteiger partial charge in [0.25, 0.3) is 5.91 Å². The highest BCUT2D eigenvalue weighted by atomic mass is 16.2. The summed E-state index contributed by atoms with van der Waals surface area (Å²) in [5.74, 6) is 0.266. The Balaban J connectivity index is 1.60. The molecule has 7 nitrogen and oxygen atoms in total. The predicted octanol–water partition coefficient (Wildman–Crippen LogP) is 4.36. The van der Waals surface area contributed by atoms with E-state index in [1.807, 2.05) is 39.9 Å². The maximum Gasteiger partial charge on any atom is 0.254 e. The first-order chi connectivity index (χ1) is 15.4. The first-order valence-electron chi connectivity index (χ1n) is 11.3. The van der Waals surface area contributed by atoms with E-state index in [2.05, 4.69) is 43.8 Å². The fraction of sp³-hybridized carbons (Fsp3) is 0.440. The molecule has 0 atom stereocenters. The molecule has 1 amide bonds. The molecule has 0 bridgehead atoms. The number of pyridine rings is 1. The molecule has 0 spiro atoms. The fourth-order valence-electron chi connectivity index (χ4n) is 4.18. The monoisotopic (exact) mass is 430 g/mol. The van der Waals surface area contributed by atoms with E-state index in [9.17, 15) is 4.79 Å². The number of aromatic nitrogens is 3. The lowest BCUT2D eigenvalue weighted by molar-refractivity contribution is 0.0769. The normalized spacial score (nSPS) is 14.8. The summed E-state index contributed by atoms with van der Waals surface area (Å²) in [7, 11) is 0. The van der Waals surface area contributed by atoms with Crippen LogP contribution in [0.4, 0.5) is 5.69 Å². The zero-order chi connectivity index (χ0) is 22.8. The lowest BCUT2D eigenvalue weighted by Gasteiger charge is -2.24. The summed E-state index contributed by atoms with van der Waals surface area (Å²) in [6, 6.07) is 11.9. The van der Waals surface area contributed by atoms with Crippen LogP contribution in [-0.4, -0.2) is 51.8 Å². The number of nitrogens with zero attached hydrogens (tertiary/aromatic N) is 6. The molecule has 1 aliphatic rings. The molecular weight excluding hydrogens is 400 g/mol. The van der Waals surface area contributed by atoms with Gasteiger partial charge in [-0.1, -0.05) is 13.8 Å². The number of benzene rings is 1. The maximum atomic E-state index is 13.7. The number of hydrogen-bond donors (Lipinski definition) is 0.